The van der Waals surface area contributed by atoms with Gasteiger partial charge in [0.05, 0.1) is 12.4 Å². The number of aryl methyl sites for hydroxylation is 1. The summed E-state index contributed by atoms with van der Waals surface area (Å²) in [7, 11) is 1.86. The summed E-state index contributed by atoms with van der Waals surface area (Å²) in [4.78, 5) is 11.0. The molecule has 2 aromatic heterocycles. The second-order valence-corrected chi connectivity index (χ2v) is 6.39. The van der Waals surface area contributed by atoms with Crippen LogP contribution in [0.2, 0.25) is 0 Å². The first-order valence-electron chi connectivity index (χ1n) is 8.68. The molecule has 0 bridgehead atoms. The van der Waals surface area contributed by atoms with Crippen LogP contribution in [0.5, 0.6) is 0 Å². The molecule has 7 nitrogen and oxygen atoms in total. The van der Waals surface area contributed by atoms with Crippen molar-refractivity contribution >= 4 is 29.9 Å². The molecule has 3 heterocycles. The van der Waals surface area contributed by atoms with Crippen molar-refractivity contribution in [1.82, 2.24) is 29.5 Å². The van der Waals surface area contributed by atoms with Gasteiger partial charge in [0.15, 0.2) is 5.96 Å². The molecule has 1 saturated heterocycles. The second kappa shape index (κ2) is 9.79. The SMILES string of the molecule is CN=C(NCCCn1cccn1)N1CCC(C)C(n2ccnc2)C1.I. The molecule has 0 saturated carbocycles. The van der Waals surface area contributed by atoms with Crippen LogP contribution < -0.4 is 5.32 Å². The molecule has 138 valence electrons. The Labute approximate surface area is 166 Å². The number of aromatic nitrogens is 4. The number of likely N-dealkylation sites (tertiary alicyclic amines) is 1. The first-order valence-corrected chi connectivity index (χ1v) is 8.68. The molecule has 1 N–H and O–H groups in total. The van der Waals surface area contributed by atoms with Crippen molar-refractivity contribution in [1.29, 1.82) is 0 Å². The van der Waals surface area contributed by atoms with Crippen LogP contribution >= 0.6 is 24.0 Å². The molecule has 0 amide bonds. The van der Waals surface area contributed by atoms with Crippen molar-refractivity contribution in [2.45, 2.75) is 32.4 Å². The van der Waals surface area contributed by atoms with E-state index in [2.05, 4.69) is 43.0 Å². The third-order valence-corrected chi connectivity index (χ3v) is 4.74. The molecule has 2 unspecified atom stereocenters. The Balaban J connectivity index is 0.00000225. The molecular formula is C17H28IN7. The molecule has 0 aliphatic carbocycles. The number of imidazole rings is 1. The van der Waals surface area contributed by atoms with Crippen molar-refractivity contribution in [3.63, 3.8) is 0 Å². The van der Waals surface area contributed by atoms with Gasteiger partial charge in [-0.05, 0) is 24.8 Å². The van der Waals surface area contributed by atoms with Crippen LogP contribution in [0.1, 0.15) is 25.8 Å². The normalized spacial score (nSPS) is 21.0. The highest BCUT2D eigenvalue weighted by Gasteiger charge is 2.28. The number of hydrogen-bond acceptors (Lipinski definition) is 3. The molecule has 1 fully saturated rings. The van der Waals surface area contributed by atoms with Crippen molar-refractivity contribution < 1.29 is 0 Å². The molecule has 1 aliphatic heterocycles. The van der Waals surface area contributed by atoms with E-state index in [0.717, 1.165) is 45.0 Å². The van der Waals surface area contributed by atoms with E-state index >= 15 is 0 Å². The first kappa shape index (κ1) is 19.7. The fraction of sp³-hybridized carbons (Fsp3) is 0.588. The maximum absolute atomic E-state index is 4.47. The molecule has 2 aromatic rings. The van der Waals surface area contributed by atoms with Crippen LogP contribution in [0, 0.1) is 5.92 Å². The monoisotopic (exact) mass is 457 g/mol. The third-order valence-electron chi connectivity index (χ3n) is 4.74. The fourth-order valence-corrected chi connectivity index (χ4v) is 3.30. The van der Waals surface area contributed by atoms with Gasteiger partial charge in [-0.2, -0.15) is 5.10 Å². The topological polar surface area (TPSA) is 63.3 Å². The van der Waals surface area contributed by atoms with Crippen molar-refractivity contribution in [2.24, 2.45) is 10.9 Å². The van der Waals surface area contributed by atoms with Crippen LogP contribution in [0.4, 0.5) is 0 Å². The summed E-state index contributed by atoms with van der Waals surface area (Å²) < 4.78 is 4.18. The van der Waals surface area contributed by atoms with E-state index in [0.29, 0.717) is 12.0 Å². The molecule has 1 aliphatic rings. The summed E-state index contributed by atoms with van der Waals surface area (Å²) in [6, 6.07) is 2.40. The Bertz CT molecular complexity index is 623. The van der Waals surface area contributed by atoms with Gasteiger partial charge in [-0.25, -0.2) is 4.98 Å². The minimum atomic E-state index is 0. The minimum absolute atomic E-state index is 0. The quantitative estimate of drug-likeness (QED) is 0.324. The first-order chi connectivity index (χ1) is 11.8. The largest absolute Gasteiger partial charge is 0.356 e. The molecule has 25 heavy (non-hydrogen) atoms. The van der Waals surface area contributed by atoms with Crippen LogP contribution in [-0.2, 0) is 6.54 Å². The predicted molar refractivity (Wildman–Crippen MR) is 110 cm³/mol. The van der Waals surface area contributed by atoms with Crippen LogP contribution in [0.15, 0.2) is 42.2 Å². The van der Waals surface area contributed by atoms with Gasteiger partial charge < -0.3 is 14.8 Å². The van der Waals surface area contributed by atoms with E-state index in [9.17, 15) is 0 Å². The Morgan fingerprint density at radius 3 is 2.88 bits per heavy atom. The standard InChI is InChI=1S/C17H27N7.HI/c1-15-5-11-22(13-16(15)23-12-8-19-14-23)17(18-2)20-6-3-9-24-10-4-7-21-24;/h4,7-8,10,12,14-16H,3,5-6,9,11,13H2,1-2H3,(H,18,20);1H. The van der Waals surface area contributed by atoms with E-state index in [4.69, 9.17) is 0 Å². The molecule has 0 aromatic carbocycles. The van der Waals surface area contributed by atoms with Crippen LogP contribution in [0.3, 0.4) is 0 Å². The average Bonchev–Trinajstić information content (AvgIpc) is 3.29. The number of nitrogens with zero attached hydrogens (tertiary/aromatic N) is 6. The summed E-state index contributed by atoms with van der Waals surface area (Å²) in [6.07, 6.45) is 11.8. The van der Waals surface area contributed by atoms with E-state index in [-0.39, 0.29) is 24.0 Å². The number of halogens is 1. The van der Waals surface area contributed by atoms with E-state index in [1.807, 2.05) is 42.7 Å². The number of aliphatic imine (C=N–C) groups is 1. The van der Waals surface area contributed by atoms with Gasteiger partial charge in [-0.15, -0.1) is 24.0 Å². The highest BCUT2D eigenvalue weighted by molar-refractivity contribution is 14.0. The van der Waals surface area contributed by atoms with Gasteiger partial charge in [-0.1, -0.05) is 6.92 Å². The zero-order valence-corrected chi connectivity index (χ0v) is 17.3. The van der Waals surface area contributed by atoms with Crippen LogP contribution in [0.25, 0.3) is 0 Å². The lowest BCUT2D eigenvalue weighted by atomic mass is 9.93. The maximum atomic E-state index is 4.47. The smallest absolute Gasteiger partial charge is 0.193 e. The molecule has 8 heteroatoms. The van der Waals surface area contributed by atoms with Gasteiger partial charge >= 0.3 is 0 Å². The zero-order valence-electron chi connectivity index (χ0n) is 15.0. The molecule has 0 radical (unpaired) electrons. The highest BCUT2D eigenvalue weighted by atomic mass is 127. The lowest BCUT2D eigenvalue weighted by Crippen LogP contribution is -2.49. The predicted octanol–water partition coefficient (Wildman–Crippen LogP) is 2.25. The molecule has 0 spiro atoms. The summed E-state index contributed by atoms with van der Waals surface area (Å²) >= 11 is 0. The zero-order chi connectivity index (χ0) is 16.8. The lowest BCUT2D eigenvalue weighted by molar-refractivity contribution is 0.189. The summed E-state index contributed by atoms with van der Waals surface area (Å²) in [5, 5.41) is 7.72. The third kappa shape index (κ3) is 5.20. The van der Waals surface area contributed by atoms with E-state index < -0.39 is 0 Å². The number of piperidine rings is 1. The minimum Gasteiger partial charge on any atom is -0.356 e. The second-order valence-electron chi connectivity index (χ2n) is 6.39. The van der Waals surface area contributed by atoms with Crippen molar-refractivity contribution in [2.75, 3.05) is 26.7 Å². The average molecular weight is 457 g/mol. The number of guanidine groups is 1. The lowest BCUT2D eigenvalue weighted by Gasteiger charge is -2.39. The Kier molecular flexibility index (Phi) is 7.73. The fourth-order valence-electron chi connectivity index (χ4n) is 3.30. The van der Waals surface area contributed by atoms with Gasteiger partial charge in [-0.3, -0.25) is 9.67 Å². The summed E-state index contributed by atoms with van der Waals surface area (Å²) in [6.45, 7) is 6.16. The van der Waals surface area contributed by atoms with Crippen molar-refractivity contribution in [3.8, 4) is 0 Å². The van der Waals surface area contributed by atoms with Gasteiger partial charge in [0, 0.05) is 58.0 Å². The van der Waals surface area contributed by atoms with Gasteiger partial charge in [0.25, 0.3) is 0 Å². The summed E-state index contributed by atoms with van der Waals surface area (Å²) in [5.74, 6) is 1.64. The molecule has 2 atom stereocenters. The Morgan fingerprint density at radius 2 is 2.20 bits per heavy atom. The maximum Gasteiger partial charge on any atom is 0.193 e. The van der Waals surface area contributed by atoms with E-state index in [1.165, 1.54) is 0 Å². The van der Waals surface area contributed by atoms with Gasteiger partial charge in [0.1, 0.15) is 0 Å². The van der Waals surface area contributed by atoms with E-state index in [1.54, 1.807) is 0 Å². The highest BCUT2D eigenvalue weighted by Crippen LogP contribution is 2.27. The Hall–Kier alpha value is -1.58. The number of hydrogen-bond donors (Lipinski definition) is 1. The Morgan fingerprint density at radius 1 is 1.32 bits per heavy atom. The molecule has 3 rings (SSSR count). The number of rotatable bonds is 5. The van der Waals surface area contributed by atoms with Gasteiger partial charge in [0.2, 0.25) is 0 Å². The van der Waals surface area contributed by atoms with Crippen molar-refractivity contribution in [3.05, 3.63) is 37.2 Å². The molecular weight excluding hydrogens is 429 g/mol. The van der Waals surface area contributed by atoms with Crippen LogP contribution in [-0.4, -0.2) is 56.9 Å². The number of nitrogens with one attached hydrogen (secondary N) is 1. The summed E-state index contributed by atoms with van der Waals surface area (Å²) in [5.41, 5.74) is 0.